The lowest BCUT2D eigenvalue weighted by Gasteiger charge is -2.31. The van der Waals surface area contributed by atoms with Crippen molar-refractivity contribution in [2.24, 2.45) is 5.92 Å². The van der Waals surface area contributed by atoms with Gasteiger partial charge in [-0.2, -0.15) is 0 Å². The molecule has 10 heteroatoms. The van der Waals surface area contributed by atoms with Crippen molar-refractivity contribution in [3.05, 3.63) is 68.6 Å². The van der Waals surface area contributed by atoms with E-state index in [2.05, 4.69) is 20.8 Å². The molecule has 0 aliphatic carbocycles. The molecule has 1 aromatic heterocycles. The number of likely N-dealkylation sites (tertiary alicyclic amines) is 1. The van der Waals surface area contributed by atoms with Crippen LogP contribution in [-0.4, -0.2) is 45.9 Å². The average Bonchev–Trinajstić information content (AvgIpc) is 3.33. The number of halogens is 1. The van der Waals surface area contributed by atoms with Crippen LogP contribution in [0.15, 0.2) is 42.5 Å². The van der Waals surface area contributed by atoms with Gasteiger partial charge in [0.25, 0.3) is 11.8 Å². The maximum absolute atomic E-state index is 12.9. The summed E-state index contributed by atoms with van der Waals surface area (Å²) in [4.78, 5) is 39.5. The Bertz CT molecular complexity index is 1240. The Kier molecular flexibility index (Phi) is 7.77. The van der Waals surface area contributed by atoms with Gasteiger partial charge in [0.1, 0.15) is 0 Å². The minimum atomic E-state index is -0.433. The molecular formula is C25H26ClN5O3S. The van der Waals surface area contributed by atoms with Gasteiger partial charge in [-0.05, 0) is 80.1 Å². The van der Waals surface area contributed by atoms with Crippen molar-refractivity contribution in [3.63, 3.8) is 0 Å². The first kappa shape index (κ1) is 24.8. The second-order valence-corrected chi connectivity index (χ2v) is 10.1. The SMILES string of the molecule is Cc1ccc(NC(=O)CC2CCN(C(=O)c3nnc(C(=O)Nc4ccc(Cl)cc4)s3)CC2)cc1C. The minimum Gasteiger partial charge on any atom is -0.337 e. The number of carbonyl (C=O) groups is 3. The molecule has 0 unspecified atom stereocenters. The van der Waals surface area contributed by atoms with Gasteiger partial charge in [-0.25, -0.2) is 0 Å². The lowest BCUT2D eigenvalue weighted by molar-refractivity contribution is -0.117. The summed E-state index contributed by atoms with van der Waals surface area (Å²) >= 11 is 6.82. The van der Waals surface area contributed by atoms with E-state index in [1.54, 1.807) is 29.2 Å². The highest BCUT2D eigenvalue weighted by atomic mass is 35.5. The van der Waals surface area contributed by atoms with Crippen LogP contribution in [0.2, 0.25) is 5.02 Å². The molecule has 2 aromatic carbocycles. The highest BCUT2D eigenvalue weighted by Gasteiger charge is 2.28. The predicted molar refractivity (Wildman–Crippen MR) is 137 cm³/mol. The summed E-state index contributed by atoms with van der Waals surface area (Å²) in [5, 5.41) is 14.3. The van der Waals surface area contributed by atoms with Gasteiger partial charge < -0.3 is 15.5 Å². The van der Waals surface area contributed by atoms with E-state index in [9.17, 15) is 14.4 Å². The smallest absolute Gasteiger partial charge is 0.286 e. The fourth-order valence-corrected chi connectivity index (χ4v) is 4.72. The van der Waals surface area contributed by atoms with Gasteiger partial charge in [0.05, 0.1) is 0 Å². The third kappa shape index (κ3) is 6.43. The molecule has 0 saturated carbocycles. The molecule has 0 bridgehead atoms. The molecule has 1 aliphatic rings. The number of piperidine rings is 1. The molecule has 1 saturated heterocycles. The molecule has 0 spiro atoms. The van der Waals surface area contributed by atoms with Crippen LogP contribution in [0, 0.1) is 19.8 Å². The van der Waals surface area contributed by atoms with Crippen LogP contribution in [0.3, 0.4) is 0 Å². The van der Waals surface area contributed by atoms with Crippen molar-refractivity contribution >= 4 is 52.0 Å². The van der Waals surface area contributed by atoms with E-state index in [-0.39, 0.29) is 27.7 Å². The quantitative estimate of drug-likeness (QED) is 0.487. The Balaban J connectivity index is 1.26. The second kappa shape index (κ2) is 11.0. The van der Waals surface area contributed by atoms with Crippen LogP contribution in [0.4, 0.5) is 11.4 Å². The van der Waals surface area contributed by atoms with Crippen LogP contribution in [-0.2, 0) is 4.79 Å². The van der Waals surface area contributed by atoms with Crippen LogP contribution in [0.25, 0.3) is 0 Å². The largest absolute Gasteiger partial charge is 0.337 e. The Labute approximate surface area is 212 Å². The fourth-order valence-electron chi connectivity index (χ4n) is 3.89. The van der Waals surface area contributed by atoms with Crippen molar-refractivity contribution in [1.29, 1.82) is 0 Å². The van der Waals surface area contributed by atoms with E-state index in [1.807, 2.05) is 32.0 Å². The van der Waals surface area contributed by atoms with Crippen LogP contribution >= 0.6 is 22.9 Å². The third-order valence-corrected chi connectivity index (χ3v) is 7.23. The minimum absolute atomic E-state index is 0.0153. The van der Waals surface area contributed by atoms with E-state index in [1.165, 1.54) is 5.56 Å². The fraction of sp³-hybridized carbons (Fsp3) is 0.320. The van der Waals surface area contributed by atoms with Gasteiger partial charge in [-0.15, -0.1) is 10.2 Å². The molecule has 3 amide bonds. The van der Waals surface area contributed by atoms with E-state index >= 15 is 0 Å². The van der Waals surface area contributed by atoms with E-state index in [4.69, 9.17) is 11.6 Å². The number of aromatic nitrogens is 2. The van der Waals surface area contributed by atoms with Crippen LogP contribution in [0.5, 0.6) is 0 Å². The predicted octanol–water partition coefficient (Wildman–Crippen LogP) is 4.94. The highest BCUT2D eigenvalue weighted by Crippen LogP contribution is 2.24. The van der Waals surface area contributed by atoms with E-state index < -0.39 is 5.91 Å². The number of nitrogens with zero attached hydrogens (tertiary/aromatic N) is 3. The number of hydrogen-bond donors (Lipinski definition) is 2. The zero-order valence-electron chi connectivity index (χ0n) is 19.5. The van der Waals surface area contributed by atoms with E-state index in [0.717, 1.165) is 35.4 Å². The number of anilines is 2. The molecule has 1 fully saturated rings. The van der Waals surface area contributed by atoms with Crippen LogP contribution in [0.1, 0.15) is 50.0 Å². The molecule has 35 heavy (non-hydrogen) atoms. The monoisotopic (exact) mass is 511 g/mol. The lowest BCUT2D eigenvalue weighted by atomic mass is 9.93. The number of rotatable bonds is 6. The van der Waals surface area contributed by atoms with Gasteiger partial charge in [0.2, 0.25) is 15.9 Å². The molecule has 1 aliphatic heterocycles. The first-order valence-corrected chi connectivity index (χ1v) is 12.5. The Morgan fingerprint density at radius 1 is 0.943 bits per heavy atom. The highest BCUT2D eigenvalue weighted by molar-refractivity contribution is 7.15. The van der Waals surface area contributed by atoms with E-state index in [0.29, 0.717) is 30.2 Å². The summed E-state index contributed by atoms with van der Waals surface area (Å²) in [7, 11) is 0. The number of hydrogen-bond acceptors (Lipinski definition) is 6. The Morgan fingerprint density at radius 3 is 2.29 bits per heavy atom. The number of carbonyl (C=O) groups excluding carboxylic acids is 3. The van der Waals surface area contributed by atoms with Gasteiger partial charge >= 0.3 is 0 Å². The number of benzene rings is 2. The zero-order valence-corrected chi connectivity index (χ0v) is 21.1. The molecule has 8 nitrogen and oxygen atoms in total. The average molecular weight is 512 g/mol. The van der Waals surface area contributed by atoms with Crippen molar-refractivity contribution in [2.45, 2.75) is 33.1 Å². The summed E-state index contributed by atoms with van der Waals surface area (Å²) in [6.45, 7) is 5.12. The first-order chi connectivity index (χ1) is 16.8. The molecule has 3 aromatic rings. The van der Waals surface area contributed by atoms with Gasteiger partial charge in [0.15, 0.2) is 0 Å². The van der Waals surface area contributed by atoms with Crippen molar-refractivity contribution in [2.75, 3.05) is 23.7 Å². The zero-order chi connectivity index (χ0) is 24.9. The molecule has 4 rings (SSSR count). The molecular weight excluding hydrogens is 486 g/mol. The summed E-state index contributed by atoms with van der Waals surface area (Å²) in [5.74, 6) is -0.484. The molecule has 2 heterocycles. The number of nitrogens with one attached hydrogen (secondary N) is 2. The first-order valence-electron chi connectivity index (χ1n) is 11.4. The van der Waals surface area contributed by atoms with Gasteiger partial charge in [0, 0.05) is 35.9 Å². The maximum atomic E-state index is 12.9. The normalized spacial score (nSPS) is 14.0. The summed E-state index contributed by atoms with van der Waals surface area (Å²) < 4.78 is 0. The van der Waals surface area contributed by atoms with Crippen molar-refractivity contribution in [1.82, 2.24) is 15.1 Å². The van der Waals surface area contributed by atoms with Crippen molar-refractivity contribution < 1.29 is 14.4 Å². The number of amides is 3. The summed E-state index contributed by atoms with van der Waals surface area (Å²) in [6.07, 6.45) is 1.88. The molecule has 182 valence electrons. The standard InChI is InChI=1S/C25H26ClN5O3S/c1-15-3-6-20(13-16(15)2)27-21(32)14-17-9-11-31(12-10-17)25(34)24-30-29-23(35-24)22(33)28-19-7-4-18(26)5-8-19/h3-8,13,17H,9-12,14H2,1-2H3,(H,27,32)(H,28,33). The van der Waals surface area contributed by atoms with Gasteiger partial charge in [-0.1, -0.05) is 29.0 Å². The maximum Gasteiger partial charge on any atom is 0.286 e. The summed E-state index contributed by atoms with van der Waals surface area (Å²) in [6, 6.07) is 12.6. The Morgan fingerprint density at radius 2 is 1.60 bits per heavy atom. The molecule has 0 atom stereocenters. The molecule has 0 radical (unpaired) electrons. The summed E-state index contributed by atoms with van der Waals surface area (Å²) in [5.41, 5.74) is 3.70. The molecule has 2 N–H and O–H groups in total. The number of aryl methyl sites for hydroxylation is 2. The van der Waals surface area contributed by atoms with Gasteiger partial charge in [-0.3, -0.25) is 14.4 Å². The topological polar surface area (TPSA) is 104 Å². The van der Waals surface area contributed by atoms with Crippen LogP contribution < -0.4 is 10.6 Å². The third-order valence-electron chi connectivity index (χ3n) is 6.07. The lowest BCUT2D eigenvalue weighted by Crippen LogP contribution is -2.39. The van der Waals surface area contributed by atoms with Crippen molar-refractivity contribution in [3.8, 4) is 0 Å². The Hall–Kier alpha value is -3.30. The second-order valence-electron chi connectivity index (χ2n) is 8.66.